The summed E-state index contributed by atoms with van der Waals surface area (Å²) >= 11 is 3.07. The van der Waals surface area contributed by atoms with Crippen LogP contribution >= 0.6 is 23.1 Å². The molecule has 0 saturated carbocycles. The summed E-state index contributed by atoms with van der Waals surface area (Å²) in [5.41, 5.74) is 3.66. The summed E-state index contributed by atoms with van der Waals surface area (Å²) in [6, 6.07) is 13.6. The fourth-order valence-corrected chi connectivity index (χ4v) is 4.12. The number of hydrogen-bond donors (Lipinski definition) is 2. The van der Waals surface area contributed by atoms with Crippen LogP contribution in [0.15, 0.2) is 52.7 Å². The number of thioether (sulfide) groups is 1. The zero-order valence-corrected chi connectivity index (χ0v) is 17.4. The molecular weight excluding hydrogens is 406 g/mol. The van der Waals surface area contributed by atoms with Crippen LogP contribution in [0.2, 0.25) is 0 Å². The topological polar surface area (TPSA) is 80.3 Å². The van der Waals surface area contributed by atoms with Crippen LogP contribution in [0.1, 0.15) is 12.0 Å². The van der Waals surface area contributed by atoms with Crippen molar-refractivity contribution in [3.05, 3.63) is 53.4 Å². The van der Waals surface area contributed by atoms with E-state index in [1.165, 1.54) is 16.2 Å². The number of anilines is 2. The van der Waals surface area contributed by atoms with Crippen molar-refractivity contribution < 1.29 is 14.3 Å². The Balaban J connectivity index is 1.33. The standard InChI is InChI=1S/C21H19N3O3S2/c1-28-16-6-2-13(3-7-16)18-12-29-21(23-18)24-20(26)11-27-15-5-8-17-14(10-15)4-9-19(25)22-17/h2-3,5-8,10,12H,4,9,11H2,1H3,(H,22,25)(H,23,24,26). The van der Waals surface area contributed by atoms with Gasteiger partial charge in [-0.2, -0.15) is 0 Å². The Hall–Kier alpha value is -2.84. The maximum atomic E-state index is 12.2. The quantitative estimate of drug-likeness (QED) is 0.571. The van der Waals surface area contributed by atoms with Crippen molar-refractivity contribution in [2.24, 2.45) is 0 Å². The van der Waals surface area contributed by atoms with E-state index in [0.717, 1.165) is 22.5 Å². The fraction of sp³-hybridized carbons (Fsp3) is 0.190. The molecule has 148 valence electrons. The molecule has 8 heteroatoms. The number of benzene rings is 2. The van der Waals surface area contributed by atoms with Crippen LogP contribution in [0.3, 0.4) is 0 Å². The van der Waals surface area contributed by atoms with Gasteiger partial charge < -0.3 is 10.1 Å². The van der Waals surface area contributed by atoms with E-state index in [1.54, 1.807) is 23.9 Å². The highest BCUT2D eigenvalue weighted by molar-refractivity contribution is 7.98. The molecule has 0 spiro atoms. The zero-order chi connectivity index (χ0) is 20.2. The minimum atomic E-state index is -0.269. The normalized spacial score (nSPS) is 12.8. The number of aryl methyl sites for hydroxylation is 1. The minimum absolute atomic E-state index is 0.0218. The number of carbonyl (C=O) groups is 2. The fourth-order valence-electron chi connectivity index (χ4n) is 2.98. The molecule has 0 radical (unpaired) electrons. The number of hydrogen-bond acceptors (Lipinski definition) is 6. The van der Waals surface area contributed by atoms with Crippen molar-refractivity contribution in [2.75, 3.05) is 23.5 Å². The van der Waals surface area contributed by atoms with E-state index in [1.807, 2.05) is 29.8 Å². The van der Waals surface area contributed by atoms with Crippen molar-refractivity contribution in [2.45, 2.75) is 17.7 Å². The van der Waals surface area contributed by atoms with Gasteiger partial charge in [0.2, 0.25) is 5.91 Å². The highest BCUT2D eigenvalue weighted by Gasteiger charge is 2.15. The predicted molar refractivity (Wildman–Crippen MR) is 117 cm³/mol. The third-order valence-corrected chi connectivity index (χ3v) is 5.98. The molecule has 2 heterocycles. The first kappa shape index (κ1) is 19.5. The monoisotopic (exact) mass is 425 g/mol. The van der Waals surface area contributed by atoms with Crippen molar-refractivity contribution >= 4 is 45.7 Å². The second-order valence-corrected chi connectivity index (χ2v) is 8.21. The van der Waals surface area contributed by atoms with Gasteiger partial charge in [0.05, 0.1) is 5.69 Å². The molecule has 0 atom stereocenters. The van der Waals surface area contributed by atoms with Gasteiger partial charge in [-0.3, -0.25) is 14.9 Å². The van der Waals surface area contributed by atoms with Gasteiger partial charge in [0.1, 0.15) is 5.75 Å². The highest BCUT2D eigenvalue weighted by Crippen LogP contribution is 2.28. The number of carbonyl (C=O) groups excluding carboxylic acids is 2. The third kappa shape index (κ3) is 4.78. The molecule has 0 saturated heterocycles. The highest BCUT2D eigenvalue weighted by atomic mass is 32.2. The van der Waals surface area contributed by atoms with E-state index in [2.05, 4.69) is 27.8 Å². The van der Waals surface area contributed by atoms with Crippen LogP contribution in [0.5, 0.6) is 5.75 Å². The van der Waals surface area contributed by atoms with Gasteiger partial charge in [0, 0.05) is 27.9 Å². The minimum Gasteiger partial charge on any atom is -0.484 e. The lowest BCUT2D eigenvalue weighted by Gasteiger charge is -2.17. The van der Waals surface area contributed by atoms with Crippen molar-refractivity contribution in [3.8, 4) is 17.0 Å². The molecule has 1 aliphatic heterocycles. The van der Waals surface area contributed by atoms with Gasteiger partial charge in [-0.25, -0.2) is 4.98 Å². The number of nitrogens with zero attached hydrogens (tertiary/aromatic N) is 1. The summed E-state index contributed by atoms with van der Waals surface area (Å²) in [5, 5.41) is 8.06. The van der Waals surface area contributed by atoms with E-state index in [4.69, 9.17) is 4.74 Å². The molecule has 3 aromatic rings. The second kappa shape index (κ2) is 8.67. The Morgan fingerprint density at radius 1 is 1.24 bits per heavy atom. The van der Waals surface area contributed by atoms with Crippen LogP contribution in [0.4, 0.5) is 10.8 Å². The Kier molecular flexibility index (Phi) is 5.82. The molecule has 1 aromatic heterocycles. The number of ether oxygens (including phenoxy) is 1. The van der Waals surface area contributed by atoms with E-state index >= 15 is 0 Å². The van der Waals surface area contributed by atoms with Crippen LogP contribution in [0.25, 0.3) is 11.3 Å². The number of rotatable bonds is 6. The Morgan fingerprint density at radius 2 is 2.07 bits per heavy atom. The predicted octanol–water partition coefficient (Wildman–Crippen LogP) is 4.43. The maximum Gasteiger partial charge on any atom is 0.264 e. The Labute approximate surface area is 176 Å². The first-order valence-electron chi connectivity index (χ1n) is 9.06. The summed E-state index contributed by atoms with van der Waals surface area (Å²) in [4.78, 5) is 29.3. The Morgan fingerprint density at radius 3 is 2.86 bits per heavy atom. The molecule has 4 rings (SSSR count). The second-order valence-electron chi connectivity index (χ2n) is 6.47. The molecule has 6 nitrogen and oxygen atoms in total. The average molecular weight is 426 g/mol. The van der Waals surface area contributed by atoms with E-state index in [9.17, 15) is 9.59 Å². The van der Waals surface area contributed by atoms with Gasteiger partial charge in [-0.05, 0) is 48.6 Å². The molecule has 0 fully saturated rings. The van der Waals surface area contributed by atoms with E-state index in [-0.39, 0.29) is 18.4 Å². The van der Waals surface area contributed by atoms with Crippen LogP contribution in [-0.4, -0.2) is 29.7 Å². The summed E-state index contributed by atoms with van der Waals surface area (Å²) < 4.78 is 5.60. The number of amides is 2. The lowest BCUT2D eigenvalue weighted by Crippen LogP contribution is -2.21. The molecule has 2 aromatic carbocycles. The van der Waals surface area contributed by atoms with Crippen LogP contribution in [-0.2, 0) is 16.0 Å². The molecule has 29 heavy (non-hydrogen) atoms. The molecule has 0 unspecified atom stereocenters. The van der Waals surface area contributed by atoms with E-state index < -0.39 is 0 Å². The number of aromatic nitrogens is 1. The zero-order valence-electron chi connectivity index (χ0n) is 15.7. The SMILES string of the molecule is CSc1ccc(-c2csc(NC(=O)COc3ccc4c(c3)CCC(=O)N4)n2)cc1. The number of thiazole rings is 1. The maximum absolute atomic E-state index is 12.2. The Bertz CT molecular complexity index is 1050. The van der Waals surface area contributed by atoms with Crippen molar-refractivity contribution in [1.29, 1.82) is 0 Å². The molecule has 0 bridgehead atoms. The first-order valence-corrected chi connectivity index (χ1v) is 11.2. The first-order chi connectivity index (χ1) is 14.1. The molecule has 2 amide bonds. The molecule has 1 aliphatic rings. The van der Waals surface area contributed by atoms with Gasteiger partial charge >= 0.3 is 0 Å². The lowest BCUT2D eigenvalue weighted by atomic mass is 10.0. The van der Waals surface area contributed by atoms with Crippen molar-refractivity contribution in [1.82, 2.24) is 4.98 Å². The summed E-state index contributed by atoms with van der Waals surface area (Å²) in [6.45, 7) is -0.109. The largest absolute Gasteiger partial charge is 0.484 e. The van der Waals surface area contributed by atoms with Gasteiger partial charge in [0.15, 0.2) is 11.7 Å². The van der Waals surface area contributed by atoms with Crippen LogP contribution < -0.4 is 15.4 Å². The number of nitrogens with one attached hydrogen (secondary N) is 2. The molecule has 0 aliphatic carbocycles. The van der Waals surface area contributed by atoms with Crippen molar-refractivity contribution in [3.63, 3.8) is 0 Å². The summed E-state index contributed by atoms with van der Waals surface area (Å²) in [7, 11) is 0. The van der Waals surface area contributed by atoms with Gasteiger partial charge in [-0.15, -0.1) is 23.1 Å². The van der Waals surface area contributed by atoms with E-state index in [0.29, 0.717) is 23.7 Å². The van der Waals surface area contributed by atoms with Crippen LogP contribution in [0, 0.1) is 0 Å². The molecular formula is C21H19N3O3S2. The van der Waals surface area contributed by atoms with Gasteiger partial charge in [0.25, 0.3) is 5.91 Å². The number of fused-ring (bicyclic) bond motifs is 1. The van der Waals surface area contributed by atoms with Gasteiger partial charge in [-0.1, -0.05) is 12.1 Å². The summed E-state index contributed by atoms with van der Waals surface area (Å²) in [5.74, 6) is 0.354. The lowest BCUT2D eigenvalue weighted by molar-refractivity contribution is -0.118. The smallest absolute Gasteiger partial charge is 0.264 e. The third-order valence-electron chi connectivity index (χ3n) is 4.48. The molecule has 2 N–H and O–H groups in total. The average Bonchev–Trinajstić information content (AvgIpc) is 3.20. The summed E-state index contributed by atoms with van der Waals surface area (Å²) in [6.07, 6.45) is 3.17.